The van der Waals surface area contributed by atoms with Gasteiger partial charge >= 0.3 is 0 Å². The number of nitrogens with zero attached hydrogens (tertiary/aromatic N) is 1. The fourth-order valence-electron chi connectivity index (χ4n) is 2.45. The molecule has 0 saturated heterocycles. The van der Waals surface area contributed by atoms with Crippen molar-refractivity contribution in [2.45, 2.75) is 27.2 Å². The number of benzene rings is 1. The van der Waals surface area contributed by atoms with E-state index in [2.05, 4.69) is 44.0 Å². The summed E-state index contributed by atoms with van der Waals surface area (Å²) < 4.78 is 0. The van der Waals surface area contributed by atoms with Gasteiger partial charge in [0.25, 0.3) is 0 Å². The van der Waals surface area contributed by atoms with Crippen LogP contribution in [0, 0.1) is 20.8 Å². The molecule has 1 heterocycles. The van der Waals surface area contributed by atoms with E-state index in [4.69, 9.17) is 0 Å². The van der Waals surface area contributed by atoms with E-state index in [9.17, 15) is 0 Å². The summed E-state index contributed by atoms with van der Waals surface area (Å²) in [7, 11) is 0. The van der Waals surface area contributed by atoms with Crippen molar-refractivity contribution in [1.82, 2.24) is 4.98 Å². The lowest BCUT2D eigenvalue weighted by atomic mass is 10.0. The van der Waals surface area contributed by atoms with Gasteiger partial charge in [0.2, 0.25) is 0 Å². The van der Waals surface area contributed by atoms with Crippen molar-refractivity contribution in [1.29, 1.82) is 0 Å². The molecule has 0 atom stereocenters. The van der Waals surface area contributed by atoms with Crippen molar-refractivity contribution < 1.29 is 0 Å². The highest BCUT2D eigenvalue weighted by atomic mass is 14.7. The lowest BCUT2D eigenvalue weighted by molar-refractivity contribution is 1.19. The molecule has 0 amide bonds. The Morgan fingerprint density at radius 2 is 1.69 bits per heavy atom. The van der Waals surface area contributed by atoms with Crippen molar-refractivity contribution in [3.63, 3.8) is 0 Å². The average Bonchev–Trinajstić information content (AvgIpc) is 2.55. The van der Waals surface area contributed by atoms with Crippen LogP contribution in [0.5, 0.6) is 0 Å². The minimum absolute atomic E-state index is 1.04. The Hall–Kier alpha value is -1.63. The Balaban J connectivity index is 2.25. The van der Waals surface area contributed by atoms with Gasteiger partial charge in [0, 0.05) is 18.2 Å². The fourth-order valence-corrected chi connectivity index (χ4v) is 2.45. The molecule has 16 heavy (non-hydrogen) atoms. The summed E-state index contributed by atoms with van der Waals surface area (Å²) >= 11 is 0. The van der Waals surface area contributed by atoms with Gasteiger partial charge in [-0.3, -0.25) is 4.98 Å². The van der Waals surface area contributed by atoms with E-state index in [0.29, 0.717) is 0 Å². The van der Waals surface area contributed by atoms with Crippen LogP contribution < -0.4 is 0 Å². The SMILES string of the molecule is Cc1cnc2c(c1)Cc1cc(C)c(C)cc1-2. The summed E-state index contributed by atoms with van der Waals surface area (Å²) in [5.41, 5.74) is 9.30. The van der Waals surface area contributed by atoms with Crippen molar-refractivity contribution in [3.8, 4) is 11.3 Å². The molecule has 1 aromatic heterocycles. The summed E-state index contributed by atoms with van der Waals surface area (Å²) in [6.07, 6.45) is 3.00. The fraction of sp³-hybridized carbons (Fsp3) is 0.267. The third kappa shape index (κ3) is 1.28. The van der Waals surface area contributed by atoms with E-state index in [1.54, 1.807) is 0 Å². The molecule has 3 rings (SSSR count). The molecule has 0 bridgehead atoms. The van der Waals surface area contributed by atoms with Gasteiger partial charge in [0.1, 0.15) is 0 Å². The number of rotatable bonds is 0. The average molecular weight is 209 g/mol. The van der Waals surface area contributed by atoms with E-state index in [1.165, 1.54) is 39.1 Å². The molecule has 0 fully saturated rings. The van der Waals surface area contributed by atoms with Gasteiger partial charge in [-0.05, 0) is 54.7 Å². The van der Waals surface area contributed by atoms with Crippen molar-refractivity contribution in [3.05, 3.63) is 52.2 Å². The first kappa shape index (κ1) is 9.59. The third-order valence-electron chi connectivity index (χ3n) is 3.46. The zero-order valence-electron chi connectivity index (χ0n) is 9.96. The first-order chi connectivity index (χ1) is 7.65. The summed E-state index contributed by atoms with van der Waals surface area (Å²) in [6, 6.07) is 6.84. The van der Waals surface area contributed by atoms with Gasteiger partial charge in [-0.15, -0.1) is 0 Å². The van der Waals surface area contributed by atoms with Gasteiger partial charge in [0.05, 0.1) is 5.69 Å². The van der Waals surface area contributed by atoms with Crippen LogP contribution in [0.4, 0.5) is 0 Å². The molecule has 0 aliphatic heterocycles. The van der Waals surface area contributed by atoms with E-state index in [0.717, 1.165) is 6.42 Å². The number of aromatic nitrogens is 1. The second-order valence-electron chi connectivity index (χ2n) is 4.79. The highest BCUT2D eigenvalue weighted by molar-refractivity contribution is 5.74. The topological polar surface area (TPSA) is 12.9 Å². The van der Waals surface area contributed by atoms with E-state index >= 15 is 0 Å². The Labute approximate surface area is 96.2 Å². The summed E-state index contributed by atoms with van der Waals surface area (Å²) in [6.45, 7) is 6.45. The lowest BCUT2D eigenvalue weighted by Crippen LogP contribution is -1.87. The van der Waals surface area contributed by atoms with Gasteiger partial charge in [-0.25, -0.2) is 0 Å². The van der Waals surface area contributed by atoms with Crippen LogP contribution in [0.3, 0.4) is 0 Å². The van der Waals surface area contributed by atoms with Crippen LogP contribution >= 0.6 is 0 Å². The molecule has 0 saturated carbocycles. The molecule has 1 aliphatic rings. The van der Waals surface area contributed by atoms with Crippen molar-refractivity contribution >= 4 is 0 Å². The highest BCUT2D eigenvalue weighted by Crippen LogP contribution is 2.36. The van der Waals surface area contributed by atoms with Crippen LogP contribution in [-0.4, -0.2) is 4.98 Å². The van der Waals surface area contributed by atoms with Crippen LogP contribution in [0.2, 0.25) is 0 Å². The van der Waals surface area contributed by atoms with Gasteiger partial charge < -0.3 is 0 Å². The van der Waals surface area contributed by atoms with E-state index in [-0.39, 0.29) is 0 Å². The predicted molar refractivity (Wildman–Crippen MR) is 66.7 cm³/mol. The summed E-state index contributed by atoms with van der Waals surface area (Å²) in [5, 5.41) is 0. The maximum absolute atomic E-state index is 4.57. The van der Waals surface area contributed by atoms with Gasteiger partial charge in [0.15, 0.2) is 0 Å². The zero-order valence-corrected chi connectivity index (χ0v) is 9.96. The monoisotopic (exact) mass is 209 g/mol. The smallest absolute Gasteiger partial charge is 0.0740 e. The number of hydrogen-bond donors (Lipinski definition) is 0. The quantitative estimate of drug-likeness (QED) is 0.551. The minimum atomic E-state index is 1.04. The molecule has 0 radical (unpaired) electrons. The first-order valence-electron chi connectivity index (χ1n) is 5.71. The molecular weight excluding hydrogens is 194 g/mol. The van der Waals surface area contributed by atoms with Crippen LogP contribution in [0.15, 0.2) is 24.4 Å². The van der Waals surface area contributed by atoms with Crippen molar-refractivity contribution in [2.75, 3.05) is 0 Å². The summed E-state index contributed by atoms with van der Waals surface area (Å²) in [5.74, 6) is 0. The molecule has 1 aromatic carbocycles. The highest BCUT2D eigenvalue weighted by Gasteiger charge is 2.20. The van der Waals surface area contributed by atoms with E-state index in [1.807, 2.05) is 6.20 Å². The van der Waals surface area contributed by atoms with Gasteiger partial charge in [-0.1, -0.05) is 12.1 Å². The number of fused-ring (bicyclic) bond motifs is 3. The molecule has 1 aliphatic carbocycles. The third-order valence-corrected chi connectivity index (χ3v) is 3.46. The molecular formula is C15H15N. The maximum atomic E-state index is 4.57. The second-order valence-corrected chi connectivity index (χ2v) is 4.79. The molecule has 1 heteroatoms. The lowest BCUT2D eigenvalue weighted by Gasteiger charge is -2.05. The first-order valence-corrected chi connectivity index (χ1v) is 5.71. The minimum Gasteiger partial charge on any atom is -0.256 e. The molecule has 0 N–H and O–H groups in total. The zero-order chi connectivity index (χ0) is 11.3. The number of pyridine rings is 1. The number of aryl methyl sites for hydroxylation is 3. The van der Waals surface area contributed by atoms with Crippen LogP contribution in [0.1, 0.15) is 27.8 Å². The number of hydrogen-bond acceptors (Lipinski definition) is 1. The standard InChI is InChI=1S/C15H15N/c1-9-4-13-7-12-5-10(2)11(3)6-14(12)15(13)16-8-9/h4-6,8H,7H2,1-3H3. The molecule has 1 nitrogen and oxygen atoms in total. The summed E-state index contributed by atoms with van der Waals surface area (Å²) in [4.78, 5) is 4.57. The molecule has 0 spiro atoms. The van der Waals surface area contributed by atoms with E-state index < -0.39 is 0 Å². The maximum Gasteiger partial charge on any atom is 0.0740 e. The normalized spacial score (nSPS) is 12.4. The molecule has 2 aromatic rings. The Kier molecular flexibility index (Phi) is 1.90. The van der Waals surface area contributed by atoms with Crippen molar-refractivity contribution in [2.24, 2.45) is 0 Å². The molecule has 0 unspecified atom stereocenters. The second kappa shape index (κ2) is 3.18. The Morgan fingerprint density at radius 3 is 2.50 bits per heavy atom. The molecule has 80 valence electrons. The Morgan fingerprint density at radius 1 is 0.938 bits per heavy atom. The Bertz CT molecular complexity index is 582. The van der Waals surface area contributed by atoms with Gasteiger partial charge in [-0.2, -0.15) is 0 Å². The van der Waals surface area contributed by atoms with Crippen LogP contribution in [-0.2, 0) is 6.42 Å². The van der Waals surface area contributed by atoms with Crippen LogP contribution in [0.25, 0.3) is 11.3 Å². The largest absolute Gasteiger partial charge is 0.256 e. The predicted octanol–water partition coefficient (Wildman–Crippen LogP) is 3.58.